The van der Waals surface area contributed by atoms with Gasteiger partial charge in [-0.3, -0.25) is 4.98 Å². The van der Waals surface area contributed by atoms with E-state index in [1.165, 1.54) is 5.01 Å². The highest BCUT2D eigenvalue weighted by Gasteiger charge is 1.99. The molecule has 0 aliphatic carbocycles. The van der Waals surface area contributed by atoms with Gasteiger partial charge in [-0.25, -0.2) is 4.98 Å². The molecule has 0 saturated carbocycles. The third-order valence-corrected chi connectivity index (χ3v) is 3.68. The van der Waals surface area contributed by atoms with E-state index in [2.05, 4.69) is 39.0 Å². The molecule has 0 bridgehead atoms. The molecule has 0 aliphatic heterocycles. The van der Waals surface area contributed by atoms with E-state index in [0.29, 0.717) is 0 Å². The summed E-state index contributed by atoms with van der Waals surface area (Å²) in [5.74, 6) is 0. The molecule has 0 amide bonds. The summed E-state index contributed by atoms with van der Waals surface area (Å²) in [7, 11) is 0. The third kappa shape index (κ3) is 4.52. The topological polar surface area (TPSA) is 49.8 Å². The Kier molecular flexibility index (Phi) is 5.15. The predicted octanol–water partition coefficient (Wildman–Crippen LogP) is 3.32. The van der Waals surface area contributed by atoms with Gasteiger partial charge < -0.3 is 10.6 Å². The van der Waals surface area contributed by atoms with Crippen LogP contribution in [0.3, 0.4) is 0 Å². The number of anilines is 2. The van der Waals surface area contributed by atoms with Gasteiger partial charge in [0.05, 0.1) is 28.8 Å². The second-order valence-corrected chi connectivity index (χ2v) is 5.39. The molecule has 0 radical (unpaired) electrons. The van der Waals surface area contributed by atoms with Crippen molar-refractivity contribution in [2.75, 3.05) is 23.7 Å². The van der Waals surface area contributed by atoms with Gasteiger partial charge in [-0.2, -0.15) is 0 Å². The Balaban J connectivity index is 1.82. The van der Waals surface area contributed by atoms with Crippen molar-refractivity contribution in [1.29, 1.82) is 0 Å². The van der Waals surface area contributed by atoms with Crippen LogP contribution in [0.15, 0.2) is 23.8 Å². The summed E-state index contributed by atoms with van der Waals surface area (Å²) < 4.78 is 0. The van der Waals surface area contributed by atoms with Gasteiger partial charge in [0.25, 0.3) is 0 Å². The van der Waals surface area contributed by atoms with Crippen LogP contribution in [0.2, 0.25) is 0 Å². The van der Waals surface area contributed by atoms with Crippen LogP contribution in [0.1, 0.15) is 24.0 Å². The molecule has 19 heavy (non-hydrogen) atoms. The molecule has 0 aliphatic rings. The summed E-state index contributed by atoms with van der Waals surface area (Å²) in [5, 5.41) is 9.99. The van der Waals surface area contributed by atoms with Gasteiger partial charge in [0, 0.05) is 30.6 Å². The van der Waals surface area contributed by atoms with Gasteiger partial charge in [0.15, 0.2) is 0 Å². The van der Waals surface area contributed by atoms with Crippen LogP contribution in [0.25, 0.3) is 0 Å². The first kappa shape index (κ1) is 13.8. The van der Waals surface area contributed by atoms with Crippen molar-refractivity contribution in [2.45, 2.75) is 26.7 Å². The van der Waals surface area contributed by atoms with Crippen LogP contribution in [0.4, 0.5) is 11.4 Å². The number of aromatic nitrogens is 2. The summed E-state index contributed by atoms with van der Waals surface area (Å²) in [4.78, 5) is 8.68. The lowest BCUT2D eigenvalue weighted by Gasteiger charge is -2.08. The summed E-state index contributed by atoms with van der Waals surface area (Å²) in [6.45, 7) is 6.04. The van der Waals surface area contributed by atoms with E-state index < -0.39 is 0 Å². The maximum Gasteiger partial charge on any atom is 0.0945 e. The quantitative estimate of drug-likeness (QED) is 0.814. The molecule has 0 spiro atoms. The van der Waals surface area contributed by atoms with Crippen molar-refractivity contribution >= 4 is 22.7 Å². The fraction of sp³-hybridized carbons (Fsp3) is 0.429. The smallest absolute Gasteiger partial charge is 0.0945 e. The van der Waals surface area contributed by atoms with E-state index in [1.54, 1.807) is 11.3 Å². The van der Waals surface area contributed by atoms with Crippen LogP contribution in [0, 0.1) is 6.92 Å². The Morgan fingerprint density at radius 3 is 2.53 bits per heavy atom. The number of nitrogens with zero attached hydrogens (tertiary/aromatic N) is 2. The fourth-order valence-corrected chi connectivity index (χ4v) is 2.51. The van der Waals surface area contributed by atoms with Gasteiger partial charge in [-0.15, -0.1) is 11.3 Å². The molecular formula is C14H20N4S. The molecule has 0 fully saturated rings. The minimum atomic E-state index is 0.881. The third-order valence-electron chi connectivity index (χ3n) is 2.65. The van der Waals surface area contributed by atoms with Crippen molar-refractivity contribution in [3.8, 4) is 0 Å². The Labute approximate surface area is 118 Å². The minimum Gasteiger partial charge on any atom is -0.384 e. The van der Waals surface area contributed by atoms with Crippen LogP contribution in [0.5, 0.6) is 0 Å². The Bertz CT molecular complexity index is 510. The van der Waals surface area contributed by atoms with E-state index in [4.69, 9.17) is 0 Å². The van der Waals surface area contributed by atoms with E-state index in [9.17, 15) is 0 Å². The predicted molar refractivity (Wildman–Crippen MR) is 82.1 cm³/mol. The van der Waals surface area contributed by atoms with Gasteiger partial charge in [0.1, 0.15) is 0 Å². The van der Waals surface area contributed by atoms with Crippen LogP contribution >= 0.6 is 11.3 Å². The van der Waals surface area contributed by atoms with E-state index in [0.717, 1.165) is 43.0 Å². The second-order valence-electron chi connectivity index (χ2n) is 4.45. The first-order valence-electron chi connectivity index (χ1n) is 6.61. The molecular weight excluding hydrogens is 256 g/mol. The lowest BCUT2D eigenvalue weighted by Crippen LogP contribution is -2.06. The van der Waals surface area contributed by atoms with Crippen molar-refractivity contribution in [2.24, 2.45) is 0 Å². The summed E-state index contributed by atoms with van der Waals surface area (Å²) >= 11 is 1.72. The number of pyridine rings is 1. The molecule has 2 aromatic rings. The summed E-state index contributed by atoms with van der Waals surface area (Å²) in [6.07, 6.45) is 5.77. The fourth-order valence-electron chi connectivity index (χ4n) is 1.73. The second kappa shape index (κ2) is 7.09. The molecule has 0 unspecified atom stereocenters. The van der Waals surface area contributed by atoms with Crippen molar-refractivity contribution in [1.82, 2.24) is 9.97 Å². The summed E-state index contributed by atoms with van der Waals surface area (Å²) in [5.41, 5.74) is 3.22. The van der Waals surface area contributed by atoms with Crippen LogP contribution in [-0.2, 0) is 6.42 Å². The number of hydrogen-bond donors (Lipinski definition) is 2. The standard InChI is InChI=1S/C14H20N4S/c1-3-5-16-12-7-13(9-15-8-12)17-6-4-14-18-11(2)10-19-14/h7-10,16-17H,3-6H2,1-2H3. The Morgan fingerprint density at radius 1 is 1.16 bits per heavy atom. The number of rotatable bonds is 7. The van der Waals surface area contributed by atoms with Crippen molar-refractivity contribution in [3.05, 3.63) is 34.5 Å². The molecule has 2 N–H and O–H groups in total. The minimum absolute atomic E-state index is 0.881. The first-order chi connectivity index (χ1) is 9.28. The van der Waals surface area contributed by atoms with E-state index >= 15 is 0 Å². The van der Waals surface area contributed by atoms with Crippen LogP contribution in [-0.4, -0.2) is 23.1 Å². The lowest BCUT2D eigenvalue weighted by atomic mass is 10.3. The zero-order valence-electron chi connectivity index (χ0n) is 11.4. The maximum absolute atomic E-state index is 4.45. The van der Waals surface area contributed by atoms with Gasteiger partial charge in [-0.05, 0) is 19.4 Å². The number of thiazole rings is 1. The van der Waals surface area contributed by atoms with Crippen LogP contribution < -0.4 is 10.6 Å². The molecule has 4 nitrogen and oxygen atoms in total. The largest absolute Gasteiger partial charge is 0.384 e. The van der Waals surface area contributed by atoms with Gasteiger partial charge in [-0.1, -0.05) is 6.92 Å². The average Bonchev–Trinajstić information content (AvgIpc) is 2.83. The number of aryl methyl sites for hydroxylation is 1. The van der Waals surface area contributed by atoms with E-state index in [-0.39, 0.29) is 0 Å². The maximum atomic E-state index is 4.45. The molecule has 5 heteroatoms. The zero-order valence-corrected chi connectivity index (χ0v) is 12.3. The zero-order chi connectivity index (χ0) is 13.5. The highest BCUT2D eigenvalue weighted by molar-refractivity contribution is 7.09. The SMILES string of the molecule is CCCNc1cncc(NCCc2nc(C)cs2)c1. The molecule has 102 valence electrons. The molecule has 2 heterocycles. The number of hydrogen-bond acceptors (Lipinski definition) is 5. The number of nitrogens with one attached hydrogen (secondary N) is 2. The molecule has 2 aromatic heterocycles. The van der Waals surface area contributed by atoms with Gasteiger partial charge in [0.2, 0.25) is 0 Å². The highest BCUT2D eigenvalue weighted by atomic mass is 32.1. The average molecular weight is 276 g/mol. The van der Waals surface area contributed by atoms with Gasteiger partial charge >= 0.3 is 0 Å². The van der Waals surface area contributed by atoms with E-state index in [1.807, 2.05) is 19.3 Å². The Hall–Kier alpha value is -1.62. The molecule has 2 rings (SSSR count). The highest BCUT2D eigenvalue weighted by Crippen LogP contribution is 2.14. The monoisotopic (exact) mass is 276 g/mol. The molecule has 0 saturated heterocycles. The molecule has 0 atom stereocenters. The Morgan fingerprint density at radius 2 is 1.89 bits per heavy atom. The van der Waals surface area contributed by atoms with Crippen molar-refractivity contribution in [3.63, 3.8) is 0 Å². The molecule has 0 aromatic carbocycles. The first-order valence-corrected chi connectivity index (χ1v) is 7.49. The normalized spacial score (nSPS) is 10.4. The summed E-state index contributed by atoms with van der Waals surface area (Å²) in [6, 6.07) is 2.09. The van der Waals surface area contributed by atoms with Crippen molar-refractivity contribution < 1.29 is 0 Å². The lowest BCUT2D eigenvalue weighted by molar-refractivity contribution is 0.973.